The fraction of sp³-hybridized carbons (Fsp3) is 0.400. The minimum atomic E-state index is -0.435. The second-order valence-corrected chi connectivity index (χ2v) is 4.94. The molecule has 0 aliphatic heterocycles. The highest BCUT2D eigenvalue weighted by atomic mass is 16.5. The van der Waals surface area contributed by atoms with Crippen LogP contribution >= 0.6 is 0 Å². The van der Waals surface area contributed by atoms with Gasteiger partial charge in [-0.15, -0.1) is 0 Å². The molecular weight excluding hydrogens is 256 g/mol. The maximum Gasteiger partial charge on any atom is 0.361 e. The van der Waals surface area contributed by atoms with Crippen molar-refractivity contribution in [1.29, 1.82) is 0 Å². The molecule has 0 unspecified atom stereocenters. The van der Waals surface area contributed by atoms with Crippen LogP contribution in [0.3, 0.4) is 0 Å². The van der Waals surface area contributed by atoms with Crippen LogP contribution in [0, 0.1) is 0 Å². The molecule has 0 saturated heterocycles. The molecule has 1 aliphatic rings. The van der Waals surface area contributed by atoms with E-state index in [1.807, 2.05) is 18.2 Å². The quantitative estimate of drug-likeness (QED) is 0.804. The molecule has 1 atom stereocenters. The molecule has 5 nitrogen and oxygen atoms in total. The zero-order valence-corrected chi connectivity index (χ0v) is 11.3. The Balaban J connectivity index is 1.75. The lowest BCUT2D eigenvalue weighted by molar-refractivity contribution is 0.0316. The Morgan fingerprint density at radius 3 is 3.00 bits per heavy atom. The summed E-state index contributed by atoms with van der Waals surface area (Å²) < 4.78 is 10.7. The van der Waals surface area contributed by atoms with Crippen molar-refractivity contribution in [2.24, 2.45) is 0 Å². The number of hydrogen-bond donors (Lipinski definition) is 0. The third kappa shape index (κ3) is 2.43. The fourth-order valence-electron chi connectivity index (χ4n) is 2.44. The van der Waals surface area contributed by atoms with Gasteiger partial charge in [0.1, 0.15) is 11.9 Å². The van der Waals surface area contributed by atoms with Crippen LogP contribution in [-0.2, 0) is 17.6 Å². The second kappa shape index (κ2) is 5.45. The Bertz CT molecular complexity index is 607. The number of aryl methyl sites for hydroxylation is 1. The van der Waals surface area contributed by atoms with E-state index in [9.17, 15) is 4.79 Å². The number of fused-ring (bicyclic) bond motifs is 1. The summed E-state index contributed by atoms with van der Waals surface area (Å²) in [5.41, 5.74) is 1.95. The summed E-state index contributed by atoms with van der Waals surface area (Å²) in [6, 6.07) is 5.52. The van der Waals surface area contributed by atoms with Crippen LogP contribution in [0.1, 0.15) is 53.4 Å². The molecule has 0 saturated carbocycles. The number of esters is 1. The van der Waals surface area contributed by atoms with Crippen LogP contribution in [0.4, 0.5) is 0 Å². The van der Waals surface area contributed by atoms with Crippen LogP contribution in [0.2, 0.25) is 0 Å². The first kappa shape index (κ1) is 12.8. The van der Waals surface area contributed by atoms with E-state index in [4.69, 9.17) is 9.26 Å². The molecule has 1 aliphatic carbocycles. The lowest BCUT2D eigenvalue weighted by atomic mass is 9.96. The SMILES string of the molecule is C[C@@H](OC(=O)c1noc2c1CCCC2)c1ccccn1. The molecule has 0 bridgehead atoms. The summed E-state index contributed by atoms with van der Waals surface area (Å²) in [6.07, 6.45) is 5.11. The Morgan fingerprint density at radius 1 is 1.35 bits per heavy atom. The standard InChI is InChI=1S/C15H16N2O3/c1-10(12-7-4-5-9-16-12)19-15(18)14-11-6-2-3-8-13(11)20-17-14/h4-5,7,9-10H,2-3,6,8H2,1H3/t10-/m1/s1. The molecule has 0 radical (unpaired) electrons. The van der Waals surface area contributed by atoms with Gasteiger partial charge in [0.25, 0.3) is 0 Å². The Labute approximate surface area is 116 Å². The molecule has 20 heavy (non-hydrogen) atoms. The highest BCUT2D eigenvalue weighted by molar-refractivity contribution is 5.89. The van der Waals surface area contributed by atoms with Crippen molar-refractivity contribution >= 4 is 5.97 Å². The van der Waals surface area contributed by atoms with Gasteiger partial charge in [-0.25, -0.2) is 4.79 Å². The van der Waals surface area contributed by atoms with Crippen LogP contribution in [-0.4, -0.2) is 16.1 Å². The largest absolute Gasteiger partial charge is 0.451 e. The van der Waals surface area contributed by atoms with Gasteiger partial charge in [-0.2, -0.15) is 0 Å². The summed E-state index contributed by atoms with van der Waals surface area (Å²) in [5.74, 6) is 0.392. The van der Waals surface area contributed by atoms with Gasteiger partial charge in [-0.1, -0.05) is 11.2 Å². The molecule has 3 rings (SSSR count). The van der Waals surface area contributed by atoms with E-state index in [-0.39, 0.29) is 0 Å². The maximum atomic E-state index is 12.2. The van der Waals surface area contributed by atoms with Crippen molar-refractivity contribution in [3.63, 3.8) is 0 Å². The van der Waals surface area contributed by atoms with E-state index in [0.29, 0.717) is 5.69 Å². The molecular formula is C15H16N2O3. The Hall–Kier alpha value is -2.17. The number of hydrogen-bond acceptors (Lipinski definition) is 5. The monoisotopic (exact) mass is 272 g/mol. The van der Waals surface area contributed by atoms with Crippen LogP contribution in [0.25, 0.3) is 0 Å². The molecule has 2 heterocycles. The van der Waals surface area contributed by atoms with Crippen LogP contribution < -0.4 is 0 Å². The van der Waals surface area contributed by atoms with E-state index in [0.717, 1.165) is 42.7 Å². The van der Waals surface area contributed by atoms with Gasteiger partial charge >= 0.3 is 5.97 Å². The highest BCUT2D eigenvalue weighted by Crippen LogP contribution is 2.26. The van der Waals surface area contributed by atoms with Crippen LogP contribution in [0.15, 0.2) is 28.9 Å². The number of nitrogens with zero attached hydrogens (tertiary/aromatic N) is 2. The minimum absolute atomic E-state index is 0.322. The van der Waals surface area contributed by atoms with Gasteiger partial charge in [0, 0.05) is 18.2 Å². The van der Waals surface area contributed by atoms with E-state index in [2.05, 4.69) is 10.1 Å². The number of pyridine rings is 1. The first-order valence-electron chi connectivity index (χ1n) is 6.85. The van der Waals surface area contributed by atoms with Gasteiger partial charge < -0.3 is 9.26 Å². The average molecular weight is 272 g/mol. The smallest absolute Gasteiger partial charge is 0.361 e. The van der Waals surface area contributed by atoms with E-state index < -0.39 is 12.1 Å². The van der Waals surface area contributed by atoms with Crippen LogP contribution in [0.5, 0.6) is 0 Å². The van der Waals surface area contributed by atoms with Gasteiger partial charge in [-0.05, 0) is 38.3 Å². The van der Waals surface area contributed by atoms with Crippen molar-refractivity contribution in [1.82, 2.24) is 10.1 Å². The number of aromatic nitrogens is 2. The van der Waals surface area contributed by atoms with Crippen molar-refractivity contribution < 1.29 is 14.1 Å². The second-order valence-electron chi connectivity index (χ2n) is 4.94. The molecule has 0 fully saturated rings. The van der Waals surface area contributed by atoms with Crippen molar-refractivity contribution in [3.05, 3.63) is 47.1 Å². The first-order chi connectivity index (χ1) is 9.75. The van der Waals surface area contributed by atoms with E-state index in [1.165, 1.54) is 0 Å². The normalized spacial score (nSPS) is 15.4. The fourth-order valence-corrected chi connectivity index (χ4v) is 2.44. The summed E-state index contributed by atoms with van der Waals surface area (Å²) >= 11 is 0. The predicted molar refractivity (Wildman–Crippen MR) is 71.2 cm³/mol. The van der Waals surface area contributed by atoms with Gasteiger partial charge in [0.2, 0.25) is 0 Å². The summed E-state index contributed by atoms with van der Waals surface area (Å²) in [4.78, 5) is 16.4. The first-order valence-corrected chi connectivity index (χ1v) is 6.85. The predicted octanol–water partition coefficient (Wildman–Crippen LogP) is 2.87. The molecule has 0 spiro atoms. The zero-order valence-electron chi connectivity index (χ0n) is 11.3. The van der Waals surface area contributed by atoms with Gasteiger partial charge in [-0.3, -0.25) is 4.98 Å². The number of rotatable bonds is 3. The molecule has 0 aromatic carbocycles. The lowest BCUT2D eigenvalue weighted by Gasteiger charge is -2.13. The molecule has 2 aromatic rings. The summed E-state index contributed by atoms with van der Waals surface area (Å²) in [5, 5.41) is 3.87. The maximum absolute atomic E-state index is 12.2. The third-order valence-corrected chi connectivity index (χ3v) is 3.53. The topological polar surface area (TPSA) is 65.2 Å². The minimum Gasteiger partial charge on any atom is -0.451 e. The molecule has 0 amide bonds. The average Bonchev–Trinajstić information content (AvgIpc) is 2.92. The molecule has 5 heteroatoms. The molecule has 2 aromatic heterocycles. The summed E-state index contributed by atoms with van der Waals surface area (Å²) in [7, 11) is 0. The third-order valence-electron chi connectivity index (χ3n) is 3.53. The number of carbonyl (C=O) groups is 1. The zero-order chi connectivity index (χ0) is 13.9. The number of carbonyl (C=O) groups excluding carboxylic acids is 1. The van der Waals surface area contributed by atoms with E-state index >= 15 is 0 Å². The number of ether oxygens (including phenoxy) is 1. The molecule has 0 N–H and O–H groups in total. The lowest BCUT2D eigenvalue weighted by Crippen LogP contribution is -2.13. The van der Waals surface area contributed by atoms with Crippen molar-refractivity contribution in [2.75, 3.05) is 0 Å². The van der Waals surface area contributed by atoms with Gasteiger partial charge in [0.15, 0.2) is 5.69 Å². The van der Waals surface area contributed by atoms with Crippen molar-refractivity contribution in [3.8, 4) is 0 Å². The molecule has 104 valence electrons. The Morgan fingerprint density at radius 2 is 2.20 bits per heavy atom. The van der Waals surface area contributed by atoms with Crippen molar-refractivity contribution in [2.45, 2.75) is 38.7 Å². The Kier molecular flexibility index (Phi) is 3.50. The summed E-state index contributed by atoms with van der Waals surface area (Å²) in [6.45, 7) is 1.80. The van der Waals surface area contributed by atoms with E-state index in [1.54, 1.807) is 13.1 Å². The highest BCUT2D eigenvalue weighted by Gasteiger charge is 2.26. The van der Waals surface area contributed by atoms with Gasteiger partial charge in [0.05, 0.1) is 5.69 Å².